The molecule has 4 heteroatoms. The Morgan fingerprint density at radius 1 is 1.00 bits per heavy atom. The molecule has 3 nitrogen and oxygen atoms in total. The molecule has 0 amide bonds. The molecule has 0 saturated carbocycles. The van der Waals surface area contributed by atoms with Gasteiger partial charge in [0.1, 0.15) is 5.75 Å². The summed E-state index contributed by atoms with van der Waals surface area (Å²) < 4.78 is 7.55. The number of nitrogens with zero attached hydrogens (tertiary/aromatic N) is 2. The van der Waals surface area contributed by atoms with Crippen LogP contribution in [0.25, 0.3) is 21.7 Å². The lowest BCUT2D eigenvalue weighted by atomic mass is 10.2. The summed E-state index contributed by atoms with van der Waals surface area (Å²) in [5, 5.41) is 0. The van der Waals surface area contributed by atoms with Crippen molar-refractivity contribution in [3.8, 4) is 16.5 Å². The molecule has 0 spiro atoms. The molecular weight excluding hydrogens is 316 g/mol. The van der Waals surface area contributed by atoms with Gasteiger partial charge in [0.05, 0.1) is 23.0 Å². The second-order valence-corrected chi connectivity index (χ2v) is 7.06. The van der Waals surface area contributed by atoms with Crippen LogP contribution in [0.15, 0.2) is 60.7 Å². The SMILES string of the molecule is COc1ccc(Cn2c(-c3ccc(C)s3)nc3ccccc32)cc1. The highest BCUT2D eigenvalue weighted by atomic mass is 32.1. The summed E-state index contributed by atoms with van der Waals surface area (Å²) in [4.78, 5) is 7.38. The fraction of sp³-hybridized carbons (Fsp3) is 0.150. The summed E-state index contributed by atoms with van der Waals surface area (Å²) in [6.45, 7) is 2.92. The Morgan fingerprint density at radius 2 is 1.79 bits per heavy atom. The first-order chi connectivity index (χ1) is 11.7. The number of benzene rings is 2. The average molecular weight is 334 g/mol. The normalized spacial score (nSPS) is 11.1. The third-order valence-electron chi connectivity index (χ3n) is 4.12. The number of fused-ring (bicyclic) bond motifs is 1. The van der Waals surface area contributed by atoms with Crippen molar-refractivity contribution in [1.82, 2.24) is 9.55 Å². The summed E-state index contributed by atoms with van der Waals surface area (Å²) in [5.41, 5.74) is 3.43. The van der Waals surface area contributed by atoms with Gasteiger partial charge in [0.25, 0.3) is 0 Å². The summed E-state index contributed by atoms with van der Waals surface area (Å²) in [6, 6.07) is 20.8. The van der Waals surface area contributed by atoms with Crippen molar-refractivity contribution in [2.45, 2.75) is 13.5 Å². The largest absolute Gasteiger partial charge is 0.497 e. The quantitative estimate of drug-likeness (QED) is 0.517. The highest BCUT2D eigenvalue weighted by Crippen LogP contribution is 2.31. The number of aromatic nitrogens is 2. The maximum atomic E-state index is 5.25. The fourth-order valence-corrected chi connectivity index (χ4v) is 3.76. The molecule has 0 aliphatic heterocycles. The van der Waals surface area contributed by atoms with Crippen LogP contribution in [0.3, 0.4) is 0 Å². The fourth-order valence-electron chi connectivity index (χ4n) is 2.89. The van der Waals surface area contributed by atoms with E-state index in [0.717, 1.165) is 29.2 Å². The second kappa shape index (κ2) is 6.13. The minimum atomic E-state index is 0.788. The highest BCUT2D eigenvalue weighted by molar-refractivity contribution is 7.15. The summed E-state index contributed by atoms with van der Waals surface area (Å²) >= 11 is 1.78. The van der Waals surface area contributed by atoms with Crippen LogP contribution in [0.5, 0.6) is 5.75 Å². The molecule has 0 N–H and O–H groups in total. The van der Waals surface area contributed by atoms with E-state index in [1.54, 1.807) is 18.4 Å². The van der Waals surface area contributed by atoms with Gasteiger partial charge in [-0.2, -0.15) is 0 Å². The Hall–Kier alpha value is -2.59. The smallest absolute Gasteiger partial charge is 0.151 e. The predicted molar refractivity (Wildman–Crippen MR) is 99.9 cm³/mol. The highest BCUT2D eigenvalue weighted by Gasteiger charge is 2.14. The molecule has 2 heterocycles. The van der Waals surface area contributed by atoms with E-state index in [1.807, 2.05) is 18.2 Å². The van der Waals surface area contributed by atoms with Gasteiger partial charge < -0.3 is 9.30 Å². The van der Waals surface area contributed by atoms with E-state index in [-0.39, 0.29) is 0 Å². The second-order valence-electron chi connectivity index (χ2n) is 5.77. The van der Waals surface area contributed by atoms with Crippen LogP contribution in [-0.2, 0) is 6.54 Å². The zero-order chi connectivity index (χ0) is 16.5. The van der Waals surface area contributed by atoms with Gasteiger partial charge >= 0.3 is 0 Å². The van der Waals surface area contributed by atoms with E-state index in [1.165, 1.54) is 15.3 Å². The molecule has 2 aromatic carbocycles. The lowest BCUT2D eigenvalue weighted by Crippen LogP contribution is -2.01. The Bertz CT molecular complexity index is 982. The summed E-state index contributed by atoms with van der Waals surface area (Å²) in [5.74, 6) is 1.91. The zero-order valence-corrected chi connectivity index (χ0v) is 14.5. The molecule has 0 fully saturated rings. The average Bonchev–Trinajstić information content (AvgIpc) is 3.20. The van der Waals surface area contributed by atoms with E-state index in [0.29, 0.717) is 0 Å². The monoisotopic (exact) mass is 334 g/mol. The maximum absolute atomic E-state index is 5.25. The van der Waals surface area contributed by atoms with E-state index in [9.17, 15) is 0 Å². The Kier molecular flexibility index (Phi) is 3.82. The van der Waals surface area contributed by atoms with E-state index in [2.05, 4.69) is 54.0 Å². The molecule has 4 aromatic rings. The first-order valence-electron chi connectivity index (χ1n) is 7.89. The van der Waals surface area contributed by atoms with Gasteiger partial charge in [-0.05, 0) is 48.9 Å². The number of ether oxygens (including phenoxy) is 1. The van der Waals surface area contributed by atoms with Crippen LogP contribution in [0.2, 0.25) is 0 Å². The number of aryl methyl sites for hydroxylation is 1. The minimum Gasteiger partial charge on any atom is -0.497 e. The molecule has 2 aromatic heterocycles. The van der Waals surface area contributed by atoms with Crippen molar-refractivity contribution in [3.05, 3.63) is 71.1 Å². The van der Waals surface area contributed by atoms with Gasteiger partial charge in [-0.15, -0.1) is 11.3 Å². The third kappa shape index (κ3) is 2.69. The Balaban J connectivity index is 1.82. The van der Waals surface area contributed by atoms with Gasteiger partial charge in [0.15, 0.2) is 5.82 Å². The first-order valence-corrected chi connectivity index (χ1v) is 8.71. The molecule has 24 heavy (non-hydrogen) atoms. The maximum Gasteiger partial charge on any atom is 0.151 e. The standard InChI is InChI=1S/C20H18N2OS/c1-14-7-12-19(24-14)20-21-17-5-3-4-6-18(17)22(20)13-15-8-10-16(23-2)11-9-15/h3-12H,13H2,1-2H3. The van der Waals surface area contributed by atoms with Crippen LogP contribution in [0.4, 0.5) is 0 Å². The van der Waals surface area contributed by atoms with Gasteiger partial charge in [-0.3, -0.25) is 0 Å². The van der Waals surface area contributed by atoms with Crippen LogP contribution < -0.4 is 4.74 Å². The summed E-state index contributed by atoms with van der Waals surface area (Å²) in [6.07, 6.45) is 0. The van der Waals surface area contributed by atoms with Gasteiger partial charge in [-0.1, -0.05) is 24.3 Å². The van der Waals surface area contributed by atoms with Crippen molar-refractivity contribution in [1.29, 1.82) is 0 Å². The molecule has 0 atom stereocenters. The molecule has 0 radical (unpaired) electrons. The molecule has 0 bridgehead atoms. The molecule has 4 rings (SSSR count). The number of imidazole rings is 1. The van der Waals surface area contributed by atoms with Crippen LogP contribution in [-0.4, -0.2) is 16.7 Å². The topological polar surface area (TPSA) is 27.1 Å². The van der Waals surface area contributed by atoms with Crippen molar-refractivity contribution < 1.29 is 4.74 Å². The number of thiophene rings is 1. The van der Waals surface area contributed by atoms with Crippen molar-refractivity contribution >= 4 is 22.4 Å². The van der Waals surface area contributed by atoms with Crippen molar-refractivity contribution in [2.75, 3.05) is 7.11 Å². The van der Waals surface area contributed by atoms with Gasteiger partial charge in [-0.25, -0.2) is 4.98 Å². The lowest BCUT2D eigenvalue weighted by Gasteiger charge is -2.09. The lowest BCUT2D eigenvalue weighted by molar-refractivity contribution is 0.414. The van der Waals surface area contributed by atoms with E-state index < -0.39 is 0 Å². The molecule has 0 aliphatic carbocycles. The zero-order valence-electron chi connectivity index (χ0n) is 13.7. The van der Waals surface area contributed by atoms with E-state index in [4.69, 9.17) is 9.72 Å². The number of para-hydroxylation sites is 2. The molecule has 0 aliphatic rings. The third-order valence-corrected chi connectivity index (χ3v) is 5.11. The van der Waals surface area contributed by atoms with Crippen molar-refractivity contribution in [2.24, 2.45) is 0 Å². The van der Waals surface area contributed by atoms with Gasteiger partial charge in [0, 0.05) is 11.4 Å². The molecule has 0 unspecified atom stereocenters. The van der Waals surface area contributed by atoms with E-state index >= 15 is 0 Å². The predicted octanol–water partition coefficient (Wildman–Crippen LogP) is 5.13. The number of hydrogen-bond donors (Lipinski definition) is 0. The van der Waals surface area contributed by atoms with Crippen LogP contribution in [0, 0.1) is 6.92 Å². The molecule has 0 saturated heterocycles. The van der Waals surface area contributed by atoms with Crippen LogP contribution >= 0.6 is 11.3 Å². The van der Waals surface area contributed by atoms with Crippen LogP contribution in [0.1, 0.15) is 10.4 Å². The molecule has 120 valence electrons. The summed E-state index contributed by atoms with van der Waals surface area (Å²) in [7, 11) is 1.69. The Morgan fingerprint density at radius 3 is 2.50 bits per heavy atom. The van der Waals surface area contributed by atoms with Gasteiger partial charge in [0.2, 0.25) is 0 Å². The molecular formula is C20H18N2OS. The number of rotatable bonds is 4. The number of hydrogen-bond acceptors (Lipinski definition) is 3. The first kappa shape index (κ1) is 15.0. The Labute approximate surface area is 145 Å². The minimum absolute atomic E-state index is 0.788. The number of methoxy groups -OCH3 is 1. The van der Waals surface area contributed by atoms with Crippen molar-refractivity contribution in [3.63, 3.8) is 0 Å².